The van der Waals surface area contributed by atoms with E-state index in [0.717, 1.165) is 33.9 Å². The molecule has 3 heterocycles. The van der Waals surface area contributed by atoms with Gasteiger partial charge in [-0.2, -0.15) is 0 Å². The van der Waals surface area contributed by atoms with Gasteiger partial charge in [-0.15, -0.1) is 0 Å². The highest BCUT2D eigenvalue weighted by Gasteiger charge is 2.34. The average Bonchev–Trinajstić information content (AvgIpc) is 3.45. The van der Waals surface area contributed by atoms with Crippen molar-refractivity contribution in [1.82, 2.24) is 4.90 Å². The first-order valence-corrected chi connectivity index (χ1v) is 11.2. The predicted molar refractivity (Wildman–Crippen MR) is 124 cm³/mol. The van der Waals surface area contributed by atoms with E-state index in [1.54, 1.807) is 12.1 Å². The third kappa shape index (κ3) is 3.64. The Morgan fingerprint density at radius 1 is 1.00 bits per heavy atom. The molecule has 3 aromatic carbocycles. The minimum atomic E-state index is -0.142. The molecule has 7 heteroatoms. The van der Waals surface area contributed by atoms with E-state index in [1.807, 2.05) is 55.5 Å². The molecule has 0 aliphatic carbocycles. The molecule has 0 radical (unpaired) electrons. The molecule has 0 N–H and O–H groups in total. The minimum absolute atomic E-state index is 0.142. The Balaban J connectivity index is 1.26. The summed E-state index contributed by atoms with van der Waals surface area (Å²) in [6.07, 6.45) is 1.74. The van der Waals surface area contributed by atoms with Gasteiger partial charge in [-0.3, -0.25) is 9.69 Å². The van der Waals surface area contributed by atoms with Crippen LogP contribution in [0.2, 0.25) is 0 Å². The van der Waals surface area contributed by atoms with Crippen molar-refractivity contribution in [2.75, 3.05) is 20.1 Å². The minimum Gasteiger partial charge on any atom is -0.493 e. The Morgan fingerprint density at radius 3 is 2.76 bits per heavy atom. The van der Waals surface area contributed by atoms with Gasteiger partial charge in [0.2, 0.25) is 12.6 Å². The van der Waals surface area contributed by atoms with E-state index in [9.17, 15) is 4.79 Å². The number of fused-ring (bicyclic) bond motifs is 4. The van der Waals surface area contributed by atoms with Crippen LogP contribution in [0.25, 0.3) is 6.08 Å². The second-order valence-corrected chi connectivity index (χ2v) is 8.28. The van der Waals surface area contributed by atoms with E-state index in [1.165, 1.54) is 0 Å². The van der Waals surface area contributed by atoms with Gasteiger partial charge in [0.15, 0.2) is 17.3 Å². The van der Waals surface area contributed by atoms with Gasteiger partial charge in [-0.05, 0) is 48.9 Å². The van der Waals surface area contributed by atoms with E-state index >= 15 is 0 Å². The van der Waals surface area contributed by atoms with Gasteiger partial charge in [0.1, 0.15) is 24.0 Å². The van der Waals surface area contributed by atoms with Crippen LogP contribution in [-0.2, 0) is 13.1 Å². The molecule has 0 saturated carbocycles. The first-order chi connectivity index (χ1) is 16.7. The molecule has 0 saturated heterocycles. The Kier molecular flexibility index (Phi) is 5.11. The second kappa shape index (κ2) is 8.43. The molecule has 0 spiro atoms. The van der Waals surface area contributed by atoms with Gasteiger partial charge in [0, 0.05) is 18.7 Å². The lowest BCUT2D eigenvalue weighted by atomic mass is 10.0. The molecule has 3 aromatic rings. The standard InChI is InChI=1S/C27H23NO6/c1-2-30-21-6-4-3-5-18(21)12-25-26(29)19-8-10-22-20(27(19)34-25)14-28(15-31-22)13-17-7-9-23-24(11-17)33-16-32-23/h3-12H,2,13-16H2,1H3/b25-12-. The van der Waals surface area contributed by atoms with Crippen LogP contribution < -0.4 is 23.7 Å². The molecule has 3 aliphatic rings. The Hall–Kier alpha value is -3.97. The van der Waals surface area contributed by atoms with E-state index in [-0.39, 0.29) is 18.3 Å². The summed E-state index contributed by atoms with van der Waals surface area (Å²) in [5.41, 5.74) is 3.32. The highest BCUT2D eigenvalue weighted by atomic mass is 16.7. The Morgan fingerprint density at radius 2 is 1.85 bits per heavy atom. The van der Waals surface area contributed by atoms with Crippen molar-refractivity contribution in [2.45, 2.75) is 20.0 Å². The number of carbonyl (C=O) groups is 1. The summed E-state index contributed by atoms with van der Waals surface area (Å²) in [6.45, 7) is 4.43. The van der Waals surface area contributed by atoms with Gasteiger partial charge >= 0.3 is 0 Å². The SMILES string of the molecule is CCOc1ccccc1/C=C1\Oc2c(ccc3c2CN(Cc2ccc4c(c2)OCO4)CO3)C1=O. The molecule has 0 aromatic heterocycles. The number of ether oxygens (including phenoxy) is 5. The lowest BCUT2D eigenvalue weighted by molar-refractivity contribution is 0.0872. The van der Waals surface area contributed by atoms with Crippen LogP contribution in [0.4, 0.5) is 0 Å². The number of nitrogens with zero attached hydrogens (tertiary/aromatic N) is 1. The summed E-state index contributed by atoms with van der Waals surface area (Å²) in [4.78, 5) is 15.3. The molecule has 0 unspecified atom stereocenters. The zero-order valence-electron chi connectivity index (χ0n) is 18.7. The van der Waals surface area contributed by atoms with E-state index < -0.39 is 0 Å². The van der Waals surface area contributed by atoms with Crippen LogP contribution in [0, 0.1) is 0 Å². The normalized spacial score (nSPS) is 17.2. The fraction of sp³-hybridized carbons (Fsp3) is 0.222. The van der Waals surface area contributed by atoms with Crippen LogP contribution in [0.15, 0.2) is 60.4 Å². The van der Waals surface area contributed by atoms with Crippen molar-refractivity contribution in [3.8, 4) is 28.7 Å². The predicted octanol–water partition coefficient (Wildman–Crippen LogP) is 4.78. The Labute approximate surface area is 197 Å². The fourth-order valence-electron chi connectivity index (χ4n) is 4.43. The van der Waals surface area contributed by atoms with E-state index in [4.69, 9.17) is 23.7 Å². The molecule has 0 amide bonds. The number of allylic oxidation sites excluding steroid dienone is 1. The van der Waals surface area contributed by atoms with E-state index in [2.05, 4.69) is 4.90 Å². The molecule has 6 rings (SSSR count). The van der Waals surface area contributed by atoms with Crippen LogP contribution in [-0.4, -0.2) is 30.8 Å². The highest BCUT2D eigenvalue weighted by molar-refractivity contribution is 6.15. The third-order valence-corrected chi connectivity index (χ3v) is 6.03. The first kappa shape index (κ1) is 20.6. The zero-order valence-corrected chi connectivity index (χ0v) is 18.7. The van der Waals surface area contributed by atoms with Gasteiger partial charge in [0.05, 0.1) is 17.7 Å². The summed E-state index contributed by atoms with van der Waals surface area (Å²) >= 11 is 0. The van der Waals surface area contributed by atoms with Gasteiger partial charge < -0.3 is 23.7 Å². The second-order valence-electron chi connectivity index (χ2n) is 8.28. The topological polar surface area (TPSA) is 66.5 Å². The maximum Gasteiger partial charge on any atom is 0.231 e. The molecule has 0 atom stereocenters. The monoisotopic (exact) mass is 457 g/mol. The van der Waals surface area contributed by atoms with Gasteiger partial charge in [0.25, 0.3) is 0 Å². The number of hydrogen-bond donors (Lipinski definition) is 0. The summed E-state index contributed by atoms with van der Waals surface area (Å²) < 4.78 is 28.7. The number of para-hydroxylation sites is 1. The average molecular weight is 457 g/mol. The largest absolute Gasteiger partial charge is 0.493 e. The lowest BCUT2D eigenvalue weighted by Gasteiger charge is -2.29. The zero-order chi connectivity index (χ0) is 23.1. The van der Waals surface area contributed by atoms with Crippen molar-refractivity contribution in [3.05, 3.63) is 82.6 Å². The van der Waals surface area contributed by atoms with Crippen LogP contribution >= 0.6 is 0 Å². The highest BCUT2D eigenvalue weighted by Crippen LogP contribution is 2.43. The number of ketones is 1. The van der Waals surface area contributed by atoms with Crippen LogP contribution in [0.5, 0.6) is 28.7 Å². The number of rotatable bonds is 5. The number of benzene rings is 3. The lowest BCUT2D eigenvalue weighted by Crippen LogP contribution is -2.31. The van der Waals surface area contributed by atoms with Crippen LogP contribution in [0.3, 0.4) is 0 Å². The molecule has 0 fully saturated rings. The van der Waals surface area contributed by atoms with Gasteiger partial charge in [-0.25, -0.2) is 0 Å². The molecular weight excluding hydrogens is 434 g/mol. The number of carbonyl (C=O) groups excluding carboxylic acids is 1. The van der Waals surface area contributed by atoms with E-state index in [0.29, 0.717) is 43.5 Å². The van der Waals surface area contributed by atoms with Crippen LogP contribution in [0.1, 0.15) is 34.0 Å². The first-order valence-electron chi connectivity index (χ1n) is 11.2. The fourth-order valence-corrected chi connectivity index (χ4v) is 4.43. The maximum atomic E-state index is 13.1. The molecule has 172 valence electrons. The maximum absolute atomic E-state index is 13.1. The summed E-state index contributed by atoms with van der Waals surface area (Å²) in [7, 11) is 0. The molecular formula is C27H23NO6. The third-order valence-electron chi connectivity index (χ3n) is 6.03. The van der Waals surface area contributed by atoms with Crippen molar-refractivity contribution < 1.29 is 28.5 Å². The molecule has 0 bridgehead atoms. The van der Waals surface area contributed by atoms with Crippen molar-refractivity contribution >= 4 is 11.9 Å². The summed E-state index contributed by atoms with van der Waals surface area (Å²) in [5, 5.41) is 0. The molecule has 7 nitrogen and oxygen atoms in total. The van der Waals surface area contributed by atoms with Crippen molar-refractivity contribution in [3.63, 3.8) is 0 Å². The van der Waals surface area contributed by atoms with Crippen molar-refractivity contribution in [2.24, 2.45) is 0 Å². The quantitative estimate of drug-likeness (QED) is 0.511. The molecule has 3 aliphatic heterocycles. The summed E-state index contributed by atoms with van der Waals surface area (Å²) in [5.74, 6) is 3.68. The smallest absolute Gasteiger partial charge is 0.231 e. The summed E-state index contributed by atoms with van der Waals surface area (Å²) in [6, 6.07) is 17.2. The van der Waals surface area contributed by atoms with Gasteiger partial charge in [-0.1, -0.05) is 24.3 Å². The molecule has 34 heavy (non-hydrogen) atoms. The Bertz CT molecular complexity index is 1310. The van der Waals surface area contributed by atoms with Crippen molar-refractivity contribution in [1.29, 1.82) is 0 Å². The number of Topliss-reactive ketones (excluding diaryl/α,β-unsaturated/α-hetero) is 1. The number of hydrogen-bond acceptors (Lipinski definition) is 7.